The molecule has 0 unspecified atom stereocenters. The molecule has 5 rings (SSSR count). The normalized spacial score (nSPS) is 10.6. The predicted octanol–water partition coefficient (Wildman–Crippen LogP) is 5.56. The van der Waals surface area contributed by atoms with Crippen molar-refractivity contribution in [2.24, 2.45) is 0 Å². The Balaban J connectivity index is 0.000000130. The summed E-state index contributed by atoms with van der Waals surface area (Å²) in [6, 6.07) is 29.3. The molecule has 23 heavy (non-hydrogen) atoms. The molecule has 0 saturated carbocycles. The van der Waals surface area contributed by atoms with Crippen molar-refractivity contribution in [3.8, 4) is 0 Å². The number of aromatic nitrogens is 2. The van der Waals surface area contributed by atoms with Gasteiger partial charge in [0.15, 0.2) is 0 Å². The summed E-state index contributed by atoms with van der Waals surface area (Å²) in [6.07, 6.45) is 1.70. The summed E-state index contributed by atoms with van der Waals surface area (Å²) in [5.41, 5.74) is 2.12. The monoisotopic (exact) mass is 296 g/mol. The van der Waals surface area contributed by atoms with Gasteiger partial charge < -0.3 is 4.98 Å². The fourth-order valence-electron chi connectivity index (χ4n) is 2.83. The Morgan fingerprint density at radius 2 is 1.13 bits per heavy atom. The summed E-state index contributed by atoms with van der Waals surface area (Å²) in [7, 11) is 0. The number of fused-ring (bicyclic) bond motifs is 4. The van der Waals surface area contributed by atoms with Crippen molar-refractivity contribution in [1.29, 1.82) is 0 Å². The topological polar surface area (TPSA) is 28.7 Å². The first-order chi connectivity index (χ1) is 11.4. The van der Waals surface area contributed by atoms with Crippen LogP contribution in [0.3, 0.4) is 0 Å². The second-order valence-corrected chi connectivity index (χ2v) is 5.43. The van der Waals surface area contributed by atoms with Gasteiger partial charge in [-0.15, -0.1) is 0 Å². The van der Waals surface area contributed by atoms with Gasteiger partial charge in [-0.1, -0.05) is 72.8 Å². The minimum Gasteiger partial charge on any atom is -0.345 e. The molecule has 0 spiro atoms. The number of aromatic amines is 1. The van der Waals surface area contributed by atoms with Crippen molar-refractivity contribution in [2.45, 2.75) is 0 Å². The van der Waals surface area contributed by atoms with Gasteiger partial charge in [0, 0.05) is 0 Å². The van der Waals surface area contributed by atoms with Crippen LogP contribution >= 0.6 is 0 Å². The van der Waals surface area contributed by atoms with E-state index in [2.05, 4.69) is 70.6 Å². The number of rotatable bonds is 0. The molecule has 0 amide bonds. The van der Waals surface area contributed by atoms with Gasteiger partial charge in [0.25, 0.3) is 0 Å². The van der Waals surface area contributed by atoms with Crippen molar-refractivity contribution >= 4 is 32.6 Å². The van der Waals surface area contributed by atoms with Crippen molar-refractivity contribution < 1.29 is 0 Å². The first-order valence-corrected chi connectivity index (χ1v) is 7.66. The zero-order valence-electron chi connectivity index (χ0n) is 12.6. The molecule has 0 aliphatic rings. The number of hydrogen-bond acceptors (Lipinski definition) is 1. The number of para-hydroxylation sites is 2. The molecule has 5 aromatic rings. The zero-order valence-corrected chi connectivity index (χ0v) is 12.6. The Kier molecular flexibility index (Phi) is 3.49. The summed E-state index contributed by atoms with van der Waals surface area (Å²) in [5.74, 6) is 0. The second-order valence-electron chi connectivity index (χ2n) is 5.43. The third kappa shape index (κ3) is 2.67. The SMILES string of the molecule is c1ccc2[nH]cnc2c1.c1ccc2c(c1)ccc1ccccc12. The van der Waals surface area contributed by atoms with Crippen LogP contribution in [0.2, 0.25) is 0 Å². The molecule has 0 radical (unpaired) electrons. The smallest absolute Gasteiger partial charge is 0.0931 e. The molecular weight excluding hydrogens is 280 g/mol. The van der Waals surface area contributed by atoms with Gasteiger partial charge in [0.05, 0.1) is 17.4 Å². The molecule has 1 heterocycles. The van der Waals surface area contributed by atoms with Crippen LogP contribution in [-0.4, -0.2) is 9.97 Å². The van der Waals surface area contributed by atoms with Crippen LogP contribution in [0.4, 0.5) is 0 Å². The van der Waals surface area contributed by atoms with E-state index in [1.54, 1.807) is 6.33 Å². The molecule has 4 aromatic carbocycles. The zero-order chi connectivity index (χ0) is 15.5. The molecule has 0 bridgehead atoms. The molecule has 2 heteroatoms. The van der Waals surface area contributed by atoms with Crippen molar-refractivity contribution in [3.05, 3.63) is 91.3 Å². The number of nitrogens with zero attached hydrogens (tertiary/aromatic N) is 1. The van der Waals surface area contributed by atoms with E-state index in [9.17, 15) is 0 Å². The molecule has 1 aromatic heterocycles. The van der Waals surface area contributed by atoms with Gasteiger partial charge in [-0.25, -0.2) is 4.98 Å². The van der Waals surface area contributed by atoms with E-state index in [1.807, 2.05) is 24.3 Å². The second kappa shape index (κ2) is 5.93. The maximum Gasteiger partial charge on any atom is 0.0931 e. The number of H-pyrrole nitrogens is 1. The Labute approximate surface area is 134 Å². The lowest BCUT2D eigenvalue weighted by molar-refractivity contribution is 1.34. The van der Waals surface area contributed by atoms with E-state index in [-0.39, 0.29) is 0 Å². The first kappa shape index (κ1) is 13.5. The van der Waals surface area contributed by atoms with E-state index in [0.29, 0.717) is 0 Å². The third-order valence-electron chi connectivity index (χ3n) is 3.98. The number of imidazole rings is 1. The molecular formula is C21H16N2. The van der Waals surface area contributed by atoms with E-state index >= 15 is 0 Å². The number of hydrogen-bond donors (Lipinski definition) is 1. The van der Waals surface area contributed by atoms with Crippen LogP contribution in [0, 0.1) is 0 Å². The molecule has 0 saturated heterocycles. The molecule has 110 valence electrons. The molecule has 0 aliphatic carbocycles. The highest BCUT2D eigenvalue weighted by Gasteiger charge is 1.97. The Bertz CT molecular complexity index is 991. The van der Waals surface area contributed by atoms with Gasteiger partial charge in [0.2, 0.25) is 0 Å². The minimum absolute atomic E-state index is 1.03. The predicted molar refractivity (Wildman–Crippen MR) is 97.5 cm³/mol. The van der Waals surface area contributed by atoms with Crippen LogP contribution in [0.25, 0.3) is 32.6 Å². The summed E-state index contributed by atoms with van der Waals surface area (Å²) in [4.78, 5) is 7.07. The lowest BCUT2D eigenvalue weighted by Crippen LogP contribution is -1.75. The molecule has 2 nitrogen and oxygen atoms in total. The van der Waals surface area contributed by atoms with Crippen LogP contribution in [0.5, 0.6) is 0 Å². The fraction of sp³-hybridized carbons (Fsp3) is 0. The minimum atomic E-state index is 1.03. The maximum atomic E-state index is 4.06. The average Bonchev–Trinajstić information content (AvgIpc) is 3.11. The largest absolute Gasteiger partial charge is 0.345 e. The standard InChI is InChI=1S/C14H10.C7H6N2/c1-3-7-13-11(5-1)9-10-12-6-2-4-8-14(12)13;1-2-4-7-6(3-1)8-5-9-7/h1-10H;1-5H,(H,8,9). The summed E-state index contributed by atoms with van der Waals surface area (Å²) >= 11 is 0. The van der Waals surface area contributed by atoms with Gasteiger partial charge in [-0.2, -0.15) is 0 Å². The molecule has 0 fully saturated rings. The highest BCUT2D eigenvalue weighted by molar-refractivity contribution is 6.07. The summed E-state index contributed by atoms with van der Waals surface area (Å²) < 4.78 is 0. The Hall–Kier alpha value is -3.13. The molecule has 0 atom stereocenters. The Morgan fingerprint density at radius 1 is 0.565 bits per heavy atom. The van der Waals surface area contributed by atoms with Crippen molar-refractivity contribution in [3.63, 3.8) is 0 Å². The Morgan fingerprint density at radius 3 is 1.78 bits per heavy atom. The maximum absolute atomic E-state index is 4.06. The third-order valence-corrected chi connectivity index (χ3v) is 3.98. The van der Waals surface area contributed by atoms with Crippen LogP contribution in [-0.2, 0) is 0 Å². The summed E-state index contributed by atoms with van der Waals surface area (Å²) in [6.45, 7) is 0. The van der Waals surface area contributed by atoms with Gasteiger partial charge in [-0.05, 0) is 33.7 Å². The number of benzene rings is 4. The lowest BCUT2D eigenvalue weighted by Gasteiger charge is -2.02. The van der Waals surface area contributed by atoms with Crippen LogP contribution in [0.15, 0.2) is 91.3 Å². The molecule has 0 aliphatic heterocycles. The van der Waals surface area contributed by atoms with Crippen LogP contribution in [0.1, 0.15) is 0 Å². The van der Waals surface area contributed by atoms with Crippen LogP contribution < -0.4 is 0 Å². The van der Waals surface area contributed by atoms with Crippen molar-refractivity contribution in [1.82, 2.24) is 9.97 Å². The van der Waals surface area contributed by atoms with Crippen molar-refractivity contribution in [2.75, 3.05) is 0 Å². The first-order valence-electron chi connectivity index (χ1n) is 7.66. The highest BCUT2D eigenvalue weighted by Crippen LogP contribution is 2.24. The highest BCUT2D eigenvalue weighted by atomic mass is 14.9. The fourth-order valence-corrected chi connectivity index (χ4v) is 2.83. The van der Waals surface area contributed by atoms with E-state index in [0.717, 1.165) is 11.0 Å². The van der Waals surface area contributed by atoms with E-state index in [4.69, 9.17) is 0 Å². The summed E-state index contributed by atoms with van der Waals surface area (Å²) in [5, 5.41) is 5.30. The average molecular weight is 296 g/mol. The van der Waals surface area contributed by atoms with Gasteiger partial charge in [-0.3, -0.25) is 0 Å². The quantitative estimate of drug-likeness (QED) is 0.373. The van der Waals surface area contributed by atoms with Gasteiger partial charge in [0.1, 0.15) is 0 Å². The molecule has 1 N–H and O–H groups in total. The van der Waals surface area contributed by atoms with E-state index < -0.39 is 0 Å². The number of nitrogens with one attached hydrogen (secondary N) is 1. The van der Waals surface area contributed by atoms with Gasteiger partial charge >= 0.3 is 0 Å². The lowest BCUT2D eigenvalue weighted by atomic mass is 10.0. The van der Waals surface area contributed by atoms with E-state index in [1.165, 1.54) is 21.5 Å².